The number of hydrazine groups is 1. The van der Waals surface area contributed by atoms with Crippen LogP contribution in [0, 0.1) is 17.7 Å². The second-order valence-corrected chi connectivity index (χ2v) is 9.61. The first-order valence-electron chi connectivity index (χ1n) is 12.4. The molecule has 1 unspecified atom stereocenters. The van der Waals surface area contributed by atoms with Gasteiger partial charge in [0.1, 0.15) is 5.82 Å². The fraction of sp³-hybridized carbons (Fsp3) is 0.357. The average molecular weight is 475 g/mol. The van der Waals surface area contributed by atoms with Crippen LogP contribution in [0.4, 0.5) is 10.1 Å². The van der Waals surface area contributed by atoms with Crippen molar-refractivity contribution in [3.8, 4) is 5.88 Å². The quantitative estimate of drug-likeness (QED) is 0.503. The van der Waals surface area contributed by atoms with Crippen LogP contribution in [0.3, 0.4) is 0 Å². The summed E-state index contributed by atoms with van der Waals surface area (Å²) in [7, 11) is 0. The molecule has 182 valence electrons. The zero-order valence-corrected chi connectivity index (χ0v) is 20.1. The van der Waals surface area contributed by atoms with Gasteiger partial charge in [0, 0.05) is 36.0 Å². The third-order valence-electron chi connectivity index (χ3n) is 7.34. The zero-order valence-electron chi connectivity index (χ0n) is 20.1. The minimum atomic E-state index is -0.244. The largest absolute Gasteiger partial charge is 0.493 e. The van der Waals surface area contributed by atoms with Crippen LogP contribution in [0.2, 0.25) is 0 Å². The molecule has 35 heavy (non-hydrogen) atoms. The molecular weight excluding hydrogens is 443 g/mol. The summed E-state index contributed by atoms with van der Waals surface area (Å²) in [4.78, 5) is 16.6. The van der Waals surface area contributed by atoms with Gasteiger partial charge in [0.05, 0.1) is 16.9 Å². The summed E-state index contributed by atoms with van der Waals surface area (Å²) in [6.07, 6.45) is 10.6. The van der Waals surface area contributed by atoms with Gasteiger partial charge in [-0.3, -0.25) is 9.80 Å². The Hall–Kier alpha value is -3.61. The Morgan fingerprint density at radius 2 is 2.09 bits per heavy atom. The zero-order chi connectivity index (χ0) is 24.5. The molecule has 1 aromatic carbocycles. The van der Waals surface area contributed by atoms with E-state index in [1.54, 1.807) is 18.2 Å². The molecule has 1 aromatic heterocycles. The molecule has 1 amide bonds. The van der Waals surface area contributed by atoms with Gasteiger partial charge in [0.25, 0.3) is 5.91 Å². The first kappa shape index (κ1) is 23.1. The molecule has 0 saturated heterocycles. The Kier molecular flexibility index (Phi) is 6.32. The van der Waals surface area contributed by atoms with Crippen LogP contribution in [-0.2, 0) is 0 Å². The molecule has 2 heterocycles. The summed E-state index contributed by atoms with van der Waals surface area (Å²) in [6.45, 7) is 4.40. The highest BCUT2D eigenvalue weighted by Gasteiger charge is 2.38. The highest BCUT2D eigenvalue weighted by atomic mass is 19.1. The van der Waals surface area contributed by atoms with Crippen LogP contribution >= 0.6 is 0 Å². The number of halogens is 1. The molecule has 0 radical (unpaired) electrons. The SMILES string of the molecule is CCCC(C[C@H]1CCC2=C1[C@@H](C)C1=CNN(c3ccc(F)cc3)C1=C2)NC(=O)c1ccc(O)nc1. The van der Waals surface area contributed by atoms with Crippen LogP contribution in [0.5, 0.6) is 5.88 Å². The highest BCUT2D eigenvalue weighted by Crippen LogP contribution is 2.49. The molecule has 3 atom stereocenters. The van der Waals surface area contributed by atoms with Gasteiger partial charge >= 0.3 is 0 Å². The summed E-state index contributed by atoms with van der Waals surface area (Å²) in [5, 5.41) is 14.6. The lowest BCUT2D eigenvalue weighted by Gasteiger charge is -2.31. The summed E-state index contributed by atoms with van der Waals surface area (Å²) in [5.74, 6) is 0.193. The number of pyridine rings is 1. The van der Waals surface area contributed by atoms with Crippen LogP contribution in [0.15, 0.2) is 77.3 Å². The summed E-state index contributed by atoms with van der Waals surface area (Å²) in [6, 6.07) is 9.63. The number of nitrogens with one attached hydrogen (secondary N) is 2. The number of carbonyl (C=O) groups is 1. The molecule has 5 rings (SSSR count). The number of hydrogen-bond donors (Lipinski definition) is 3. The van der Waals surface area contributed by atoms with Crippen molar-refractivity contribution in [1.82, 2.24) is 15.7 Å². The molecule has 1 aliphatic heterocycles. The highest BCUT2D eigenvalue weighted by molar-refractivity contribution is 5.94. The number of fused-ring (bicyclic) bond motifs is 1. The maximum absolute atomic E-state index is 13.4. The summed E-state index contributed by atoms with van der Waals surface area (Å²) in [5.41, 5.74) is 9.94. The van der Waals surface area contributed by atoms with Crippen LogP contribution < -0.4 is 15.8 Å². The minimum absolute atomic E-state index is 0.0714. The van der Waals surface area contributed by atoms with E-state index in [0.717, 1.165) is 43.5 Å². The Labute approximate surface area is 205 Å². The standard InChI is InChI=1S/C28H31FN4O2/c1-3-4-22(32-28(35)20-7-12-26(34)30-15-20)13-18-5-6-19-14-25-24(17(2)27(18)19)16-31-33(25)23-10-8-21(29)9-11-23/h7-12,14-18,22,31H,3-6,13H2,1-2H3,(H,30,34)(H,32,35)/t17-,18+,22?/m0/s1. The van der Waals surface area contributed by atoms with Crippen molar-refractivity contribution >= 4 is 11.6 Å². The van der Waals surface area contributed by atoms with E-state index in [2.05, 4.69) is 41.9 Å². The van der Waals surface area contributed by atoms with Crippen molar-refractivity contribution < 1.29 is 14.3 Å². The number of carbonyl (C=O) groups excluding carboxylic acids is 1. The number of aromatic hydroxyl groups is 1. The molecule has 7 heteroatoms. The van der Waals surface area contributed by atoms with E-state index in [1.165, 1.54) is 41.1 Å². The van der Waals surface area contributed by atoms with Crippen LogP contribution in [-0.4, -0.2) is 22.0 Å². The first-order chi connectivity index (χ1) is 16.9. The minimum Gasteiger partial charge on any atom is -0.493 e. The lowest BCUT2D eigenvalue weighted by atomic mass is 9.78. The van der Waals surface area contributed by atoms with Gasteiger partial charge in [0.2, 0.25) is 5.88 Å². The van der Waals surface area contributed by atoms with Gasteiger partial charge in [-0.25, -0.2) is 9.37 Å². The Morgan fingerprint density at radius 3 is 2.80 bits per heavy atom. The number of amides is 1. The second-order valence-electron chi connectivity index (χ2n) is 9.61. The number of rotatable bonds is 7. The van der Waals surface area contributed by atoms with Gasteiger partial charge in [-0.1, -0.05) is 25.8 Å². The maximum Gasteiger partial charge on any atom is 0.253 e. The molecule has 3 N–H and O–H groups in total. The second kappa shape index (κ2) is 9.56. The van der Waals surface area contributed by atoms with Gasteiger partial charge in [-0.15, -0.1) is 0 Å². The third kappa shape index (κ3) is 4.55. The van der Waals surface area contributed by atoms with E-state index < -0.39 is 0 Å². The third-order valence-corrected chi connectivity index (χ3v) is 7.34. The predicted octanol–water partition coefficient (Wildman–Crippen LogP) is 5.36. The number of aromatic nitrogens is 1. The van der Waals surface area contributed by atoms with E-state index in [4.69, 9.17) is 0 Å². The van der Waals surface area contributed by atoms with Gasteiger partial charge in [-0.2, -0.15) is 0 Å². The first-order valence-corrected chi connectivity index (χ1v) is 12.4. The predicted molar refractivity (Wildman–Crippen MR) is 134 cm³/mol. The lowest BCUT2D eigenvalue weighted by Crippen LogP contribution is -2.36. The fourth-order valence-electron chi connectivity index (χ4n) is 5.69. The normalized spacial score (nSPS) is 21.6. The van der Waals surface area contributed by atoms with Crippen molar-refractivity contribution in [1.29, 1.82) is 0 Å². The molecule has 0 bridgehead atoms. The van der Waals surface area contributed by atoms with E-state index in [1.807, 2.05) is 5.01 Å². The molecule has 0 spiro atoms. The molecule has 0 saturated carbocycles. The summed E-state index contributed by atoms with van der Waals surface area (Å²) < 4.78 is 13.4. The molecule has 0 fully saturated rings. The van der Waals surface area contributed by atoms with Crippen LogP contribution in [0.25, 0.3) is 0 Å². The van der Waals surface area contributed by atoms with Crippen LogP contribution in [0.1, 0.15) is 56.3 Å². The summed E-state index contributed by atoms with van der Waals surface area (Å²) >= 11 is 0. The van der Waals surface area contributed by atoms with E-state index in [0.29, 0.717) is 11.5 Å². The van der Waals surface area contributed by atoms with E-state index in [9.17, 15) is 14.3 Å². The molecular formula is C28H31FN4O2. The smallest absolute Gasteiger partial charge is 0.253 e. The average Bonchev–Trinajstić information content (AvgIpc) is 3.45. The topological polar surface area (TPSA) is 77.5 Å². The van der Waals surface area contributed by atoms with Crippen molar-refractivity contribution in [2.45, 2.75) is 52.0 Å². The molecule has 2 aliphatic carbocycles. The lowest BCUT2D eigenvalue weighted by molar-refractivity contribution is 0.0929. The molecule has 3 aliphatic rings. The van der Waals surface area contributed by atoms with Gasteiger partial charge in [0.15, 0.2) is 0 Å². The Bertz CT molecular complexity index is 1200. The number of nitrogens with zero attached hydrogens (tertiary/aromatic N) is 2. The van der Waals surface area contributed by atoms with Crippen molar-refractivity contribution in [3.05, 3.63) is 88.7 Å². The van der Waals surface area contributed by atoms with Crippen molar-refractivity contribution in [3.63, 3.8) is 0 Å². The molecule has 6 nitrogen and oxygen atoms in total. The van der Waals surface area contributed by atoms with Gasteiger partial charge in [-0.05, 0) is 73.6 Å². The molecule has 2 aromatic rings. The van der Waals surface area contributed by atoms with Gasteiger partial charge < -0.3 is 15.8 Å². The number of allylic oxidation sites excluding steroid dienone is 4. The Balaban J connectivity index is 1.34. The Morgan fingerprint density at radius 1 is 1.29 bits per heavy atom. The fourth-order valence-corrected chi connectivity index (χ4v) is 5.69. The monoisotopic (exact) mass is 474 g/mol. The maximum atomic E-state index is 13.4. The number of hydrogen-bond acceptors (Lipinski definition) is 5. The number of anilines is 1. The van der Waals surface area contributed by atoms with Crippen molar-refractivity contribution in [2.75, 3.05) is 5.01 Å². The van der Waals surface area contributed by atoms with E-state index >= 15 is 0 Å². The van der Waals surface area contributed by atoms with Crippen molar-refractivity contribution in [2.24, 2.45) is 11.8 Å². The van der Waals surface area contributed by atoms with E-state index in [-0.39, 0.29) is 29.6 Å². The number of benzene rings is 1.